The van der Waals surface area contributed by atoms with E-state index in [1.54, 1.807) is 11.3 Å². The molecule has 0 unspecified atom stereocenters. The van der Waals surface area contributed by atoms with Crippen molar-refractivity contribution in [3.8, 4) is 0 Å². The molecule has 0 N–H and O–H groups in total. The molecule has 22 heavy (non-hydrogen) atoms. The summed E-state index contributed by atoms with van der Waals surface area (Å²) in [5.41, 5.74) is 2.15. The molecule has 1 aliphatic heterocycles. The van der Waals surface area contributed by atoms with Crippen LogP contribution in [0, 0.1) is 6.92 Å². The lowest BCUT2D eigenvalue weighted by Crippen LogP contribution is -2.37. The second-order valence-electron chi connectivity index (χ2n) is 6.85. The van der Waals surface area contributed by atoms with Crippen molar-refractivity contribution in [1.29, 1.82) is 0 Å². The summed E-state index contributed by atoms with van der Waals surface area (Å²) in [6.07, 6.45) is 0.0545. The first-order valence-electron chi connectivity index (χ1n) is 7.64. The van der Waals surface area contributed by atoms with Gasteiger partial charge in [0, 0.05) is 30.0 Å². The highest BCUT2D eigenvalue weighted by molar-refractivity contribution is 7.09. The van der Waals surface area contributed by atoms with E-state index in [2.05, 4.69) is 36.2 Å². The summed E-state index contributed by atoms with van der Waals surface area (Å²) in [5, 5.41) is 7.17. The van der Waals surface area contributed by atoms with Gasteiger partial charge in [-0.05, 0) is 6.92 Å². The quantitative estimate of drug-likeness (QED) is 0.868. The third kappa shape index (κ3) is 3.56. The van der Waals surface area contributed by atoms with Crippen LogP contribution in [0.1, 0.15) is 49.0 Å². The fourth-order valence-corrected chi connectivity index (χ4v) is 3.57. The molecule has 120 valence electrons. The zero-order valence-electron chi connectivity index (χ0n) is 13.6. The largest absolute Gasteiger partial charge is 0.368 e. The van der Waals surface area contributed by atoms with E-state index in [1.807, 2.05) is 13.0 Å². The Labute approximate surface area is 135 Å². The van der Waals surface area contributed by atoms with Crippen LogP contribution < -0.4 is 0 Å². The summed E-state index contributed by atoms with van der Waals surface area (Å²) < 4.78 is 11.2. The molecule has 0 aromatic carbocycles. The minimum atomic E-state index is 0.0545. The Balaban J connectivity index is 1.66. The van der Waals surface area contributed by atoms with Gasteiger partial charge in [-0.2, -0.15) is 0 Å². The molecular formula is C16H23N3O2S. The number of morpholine rings is 1. The van der Waals surface area contributed by atoms with Gasteiger partial charge in [0.25, 0.3) is 0 Å². The Bertz CT molecular complexity index is 629. The third-order valence-corrected chi connectivity index (χ3v) is 4.71. The van der Waals surface area contributed by atoms with Crippen molar-refractivity contribution in [3.05, 3.63) is 33.6 Å². The molecular weight excluding hydrogens is 298 g/mol. The average Bonchev–Trinajstić information content (AvgIpc) is 3.08. The third-order valence-electron chi connectivity index (χ3n) is 3.77. The van der Waals surface area contributed by atoms with E-state index in [-0.39, 0.29) is 11.5 Å². The Kier molecular flexibility index (Phi) is 4.34. The van der Waals surface area contributed by atoms with E-state index >= 15 is 0 Å². The molecule has 0 amide bonds. The molecule has 1 aliphatic rings. The highest BCUT2D eigenvalue weighted by Gasteiger charge is 2.27. The van der Waals surface area contributed by atoms with Crippen molar-refractivity contribution >= 4 is 11.3 Å². The number of hydrogen-bond donors (Lipinski definition) is 0. The van der Waals surface area contributed by atoms with Crippen molar-refractivity contribution in [2.45, 2.75) is 45.8 Å². The zero-order valence-corrected chi connectivity index (χ0v) is 14.4. The molecule has 0 spiro atoms. The molecule has 1 atom stereocenters. The lowest BCUT2D eigenvalue weighted by Gasteiger charge is -2.31. The Morgan fingerprint density at radius 2 is 2.23 bits per heavy atom. The molecule has 0 aliphatic carbocycles. The van der Waals surface area contributed by atoms with Crippen LogP contribution in [0.5, 0.6) is 0 Å². The number of hydrogen-bond acceptors (Lipinski definition) is 6. The van der Waals surface area contributed by atoms with Gasteiger partial charge in [-0.15, -0.1) is 11.3 Å². The lowest BCUT2D eigenvalue weighted by atomic mass is 9.93. The minimum absolute atomic E-state index is 0.0545. The second-order valence-corrected chi connectivity index (χ2v) is 7.74. The highest BCUT2D eigenvalue weighted by Crippen LogP contribution is 2.30. The van der Waals surface area contributed by atoms with E-state index in [4.69, 9.17) is 14.2 Å². The molecule has 6 heteroatoms. The molecule has 0 saturated carbocycles. The van der Waals surface area contributed by atoms with Gasteiger partial charge in [0.05, 0.1) is 24.5 Å². The fraction of sp³-hybridized carbons (Fsp3) is 0.625. The second kappa shape index (κ2) is 6.10. The monoisotopic (exact) mass is 321 g/mol. The van der Waals surface area contributed by atoms with Gasteiger partial charge >= 0.3 is 0 Å². The highest BCUT2D eigenvalue weighted by atomic mass is 32.1. The molecule has 1 fully saturated rings. The number of ether oxygens (including phenoxy) is 1. The molecule has 3 rings (SSSR count). The number of nitrogens with zero attached hydrogens (tertiary/aromatic N) is 3. The maximum absolute atomic E-state index is 5.92. The predicted molar refractivity (Wildman–Crippen MR) is 86.0 cm³/mol. The summed E-state index contributed by atoms with van der Waals surface area (Å²) in [6.45, 7) is 11.8. The van der Waals surface area contributed by atoms with Gasteiger partial charge in [-0.1, -0.05) is 25.9 Å². The molecule has 2 aromatic rings. The fourth-order valence-electron chi connectivity index (χ4n) is 2.49. The van der Waals surface area contributed by atoms with Crippen LogP contribution in [0.2, 0.25) is 0 Å². The SMILES string of the molecule is Cc1cc(CN2CCO[C@H](c3nc(C(C)(C)C)cs3)C2)on1. The summed E-state index contributed by atoms with van der Waals surface area (Å²) in [4.78, 5) is 7.12. The summed E-state index contributed by atoms with van der Waals surface area (Å²) in [6, 6.07) is 1.99. The van der Waals surface area contributed by atoms with Gasteiger partial charge in [-0.25, -0.2) is 4.98 Å². The van der Waals surface area contributed by atoms with Crippen LogP contribution in [0.4, 0.5) is 0 Å². The van der Waals surface area contributed by atoms with Crippen LogP contribution in [0.3, 0.4) is 0 Å². The van der Waals surface area contributed by atoms with Crippen LogP contribution in [0.15, 0.2) is 16.0 Å². The van der Waals surface area contributed by atoms with E-state index < -0.39 is 0 Å². The number of aryl methyl sites for hydroxylation is 1. The smallest absolute Gasteiger partial charge is 0.150 e. The molecule has 1 saturated heterocycles. The molecule has 3 heterocycles. The first-order chi connectivity index (χ1) is 10.4. The molecule has 5 nitrogen and oxygen atoms in total. The minimum Gasteiger partial charge on any atom is -0.368 e. The number of rotatable bonds is 3. The van der Waals surface area contributed by atoms with Gasteiger partial charge in [0.1, 0.15) is 11.1 Å². The van der Waals surface area contributed by atoms with Gasteiger partial charge < -0.3 is 9.26 Å². The van der Waals surface area contributed by atoms with Crippen molar-refractivity contribution in [1.82, 2.24) is 15.0 Å². The van der Waals surface area contributed by atoms with Crippen molar-refractivity contribution in [2.75, 3.05) is 19.7 Å². The van der Waals surface area contributed by atoms with Crippen molar-refractivity contribution < 1.29 is 9.26 Å². The topological polar surface area (TPSA) is 51.4 Å². The van der Waals surface area contributed by atoms with Crippen LogP contribution >= 0.6 is 11.3 Å². The van der Waals surface area contributed by atoms with Gasteiger partial charge in [0.2, 0.25) is 0 Å². The van der Waals surface area contributed by atoms with Crippen LogP contribution in [-0.2, 0) is 16.7 Å². The van der Waals surface area contributed by atoms with E-state index in [0.717, 1.165) is 48.4 Å². The lowest BCUT2D eigenvalue weighted by molar-refractivity contribution is -0.0352. The van der Waals surface area contributed by atoms with Crippen LogP contribution in [0.25, 0.3) is 0 Å². The molecule has 0 bridgehead atoms. The maximum Gasteiger partial charge on any atom is 0.150 e. The Morgan fingerprint density at radius 3 is 2.86 bits per heavy atom. The predicted octanol–water partition coefficient (Wildman–Crippen LogP) is 3.31. The van der Waals surface area contributed by atoms with Crippen LogP contribution in [-0.4, -0.2) is 34.7 Å². The summed E-state index contributed by atoms with van der Waals surface area (Å²) in [7, 11) is 0. The molecule has 0 radical (unpaired) electrons. The van der Waals surface area contributed by atoms with Crippen molar-refractivity contribution in [2.24, 2.45) is 0 Å². The number of thiazole rings is 1. The standard InChI is InChI=1S/C16H23N3O2S/c1-11-7-12(21-18-11)8-19-5-6-20-13(9-19)15-17-14(10-22-15)16(2,3)4/h7,10,13H,5-6,8-9H2,1-4H3/t13-/m0/s1. The summed E-state index contributed by atoms with van der Waals surface area (Å²) >= 11 is 1.70. The first kappa shape index (κ1) is 15.6. The van der Waals surface area contributed by atoms with Crippen molar-refractivity contribution in [3.63, 3.8) is 0 Å². The first-order valence-corrected chi connectivity index (χ1v) is 8.52. The van der Waals surface area contributed by atoms with E-state index in [0.29, 0.717) is 0 Å². The number of aromatic nitrogens is 2. The summed E-state index contributed by atoms with van der Waals surface area (Å²) in [5.74, 6) is 0.910. The zero-order chi connectivity index (χ0) is 15.7. The van der Waals surface area contributed by atoms with Gasteiger partial charge in [-0.3, -0.25) is 4.90 Å². The average molecular weight is 321 g/mol. The maximum atomic E-state index is 5.92. The van der Waals surface area contributed by atoms with E-state index in [9.17, 15) is 0 Å². The Hall–Kier alpha value is -1.24. The molecule has 2 aromatic heterocycles. The van der Waals surface area contributed by atoms with Gasteiger partial charge in [0.15, 0.2) is 5.76 Å². The van der Waals surface area contributed by atoms with E-state index in [1.165, 1.54) is 0 Å². The normalized spacial score (nSPS) is 20.5. The Morgan fingerprint density at radius 1 is 1.41 bits per heavy atom.